The van der Waals surface area contributed by atoms with Crippen LogP contribution in [0.3, 0.4) is 0 Å². The second kappa shape index (κ2) is 5.28. The highest BCUT2D eigenvalue weighted by Gasteiger charge is 2.32. The Hall–Kier alpha value is -0.120. The third kappa shape index (κ3) is 2.71. The van der Waals surface area contributed by atoms with Gasteiger partial charge in [-0.25, -0.2) is 0 Å². The van der Waals surface area contributed by atoms with Crippen LogP contribution in [0.5, 0.6) is 0 Å². The summed E-state index contributed by atoms with van der Waals surface area (Å²) in [7, 11) is 2.27. The summed E-state index contributed by atoms with van der Waals surface area (Å²) in [4.78, 5) is 2.53. The van der Waals surface area contributed by atoms with Gasteiger partial charge in [0.05, 0.1) is 0 Å². The van der Waals surface area contributed by atoms with Gasteiger partial charge in [0, 0.05) is 6.04 Å². The van der Waals surface area contributed by atoms with Crippen molar-refractivity contribution in [1.82, 2.24) is 10.2 Å². The van der Waals surface area contributed by atoms with Gasteiger partial charge in [0.2, 0.25) is 0 Å². The molecule has 0 aromatic rings. The number of likely N-dealkylation sites (tertiary alicyclic amines) is 1. The van der Waals surface area contributed by atoms with Crippen LogP contribution in [0, 0.1) is 11.8 Å². The summed E-state index contributed by atoms with van der Waals surface area (Å²) in [6.07, 6.45) is 5.41. The van der Waals surface area contributed by atoms with Gasteiger partial charge in [-0.05, 0) is 70.7 Å². The Kier molecular flexibility index (Phi) is 4.00. The second-order valence-corrected chi connectivity index (χ2v) is 5.26. The summed E-state index contributed by atoms with van der Waals surface area (Å²) in [6, 6.07) is 0.762. The summed E-state index contributed by atoms with van der Waals surface area (Å²) in [5, 5.41) is 3.44. The van der Waals surface area contributed by atoms with Crippen LogP contribution < -0.4 is 11.1 Å². The zero-order chi connectivity index (χ0) is 10.7. The van der Waals surface area contributed by atoms with Crippen LogP contribution in [-0.2, 0) is 0 Å². The maximum absolute atomic E-state index is 5.85. The van der Waals surface area contributed by atoms with Crippen LogP contribution in [0.15, 0.2) is 0 Å². The fraction of sp³-hybridized carbons (Fsp3) is 1.00. The molecule has 2 fully saturated rings. The van der Waals surface area contributed by atoms with Crippen LogP contribution in [0.4, 0.5) is 0 Å². The molecule has 2 aliphatic heterocycles. The maximum atomic E-state index is 5.85. The van der Waals surface area contributed by atoms with Gasteiger partial charge in [-0.15, -0.1) is 0 Å². The van der Waals surface area contributed by atoms with Gasteiger partial charge < -0.3 is 16.0 Å². The molecule has 2 unspecified atom stereocenters. The predicted molar refractivity (Wildman–Crippen MR) is 63.8 cm³/mol. The predicted octanol–water partition coefficient (Wildman–Crippen LogP) is 0.655. The van der Waals surface area contributed by atoms with Crippen molar-refractivity contribution in [2.75, 3.05) is 33.2 Å². The SMILES string of the molecule is CN1CCC(CN)C1CC1CCNCC1. The van der Waals surface area contributed by atoms with Crippen LogP contribution in [0.1, 0.15) is 25.7 Å². The Balaban J connectivity index is 1.85. The van der Waals surface area contributed by atoms with E-state index in [4.69, 9.17) is 5.73 Å². The van der Waals surface area contributed by atoms with Gasteiger partial charge in [-0.1, -0.05) is 0 Å². The highest BCUT2D eigenvalue weighted by Crippen LogP contribution is 2.29. The fourth-order valence-electron chi connectivity index (χ4n) is 3.19. The number of hydrogen-bond acceptors (Lipinski definition) is 3. The molecule has 2 heterocycles. The first-order chi connectivity index (χ1) is 7.31. The minimum atomic E-state index is 0.755. The van der Waals surface area contributed by atoms with Crippen LogP contribution in [0.25, 0.3) is 0 Å². The number of hydrogen-bond donors (Lipinski definition) is 2. The van der Waals surface area contributed by atoms with Crippen LogP contribution in [-0.4, -0.2) is 44.2 Å². The lowest BCUT2D eigenvalue weighted by Gasteiger charge is -2.31. The van der Waals surface area contributed by atoms with E-state index in [1.54, 1.807) is 0 Å². The zero-order valence-electron chi connectivity index (χ0n) is 9.91. The van der Waals surface area contributed by atoms with E-state index in [0.29, 0.717) is 0 Å². The van der Waals surface area contributed by atoms with Gasteiger partial charge in [-0.2, -0.15) is 0 Å². The van der Waals surface area contributed by atoms with E-state index >= 15 is 0 Å². The fourth-order valence-corrected chi connectivity index (χ4v) is 3.19. The molecule has 15 heavy (non-hydrogen) atoms. The summed E-state index contributed by atoms with van der Waals surface area (Å²) in [6.45, 7) is 4.56. The molecule has 0 amide bonds. The molecule has 3 heteroatoms. The molecule has 88 valence electrons. The van der Waals surface area contributed by atoms with E-state index < -0.39 is 0 Å². The Labute approximate surface area is 93.4 Å². The Morgan fingerprint density at radius 1 is 1.27 bits per heavy atom. The Morgan fingerprint density at radius 3 is 2.67 bits per heavy atom. The highest BCUT2D eigenvalue weighted by atomic mass is 15.2. The minimum Gasteiger partial charge on any atom is -0.330 e. The minimum absolute atomic E-state index is 0.755. The smallest absolute Gasteiger partial charge is 0.0136 e. The molecule has 2 aliphatic rings. The van der Waals surface area contributed by atoms with E-state index in [1.165, 1.54) is 45.3 Å². The summed E-state index contributed by atoms with van der Waals surface area (Å²) < 4.78 is 0. The van der Waals surface area contributed by atoms with Gasteiger partial charge in [0.15, 0.2) is 0 Å². The third-order valence-electron chi connectivity index (χ3n) is 4.30. The van der Waals surface area contributed by atoms with Gasteiger partial charge in [-0.3, -0.25) is 0 Å². The summed E-state index contributed by atoms with van der Waals surface area (Å²) in [5.41, 5.74) is 5.85. The quantitative estimate of drug-likeness (QED) is 0.720. The molecule has 2 saturated heterocycles. The molecule has 0 aromatic carbocycles. The van der Waals surface area contributed by atoms with Crippen molar-refractivity contribution in [3.63, 3.8) is 0 Å². The molecule has 0 saturated carbocycles. The molecular weight excluding hydrogens is 186 g/mol. The maximum Gasteiger partial charge on any atom is 0.0136 e. The molecule has 3 N–H and O–H groups in total. The highest BCUT2D eigenvalue weighted by molar-refractivity contribution is 4.88. The first-order valence-electron chi connectivity index (χ1n) is 6.42. The van der Waals surface area contributed by atoms with E-state index in [1.807, 2.05) is 0 Å². The van der Waals surface area contributed by atoms with Crippen molar-refractivity contribution < 1.29 is 0 Å². The molecule has 0 aliphatic carbocycles. The Bertz CT molecular complexity index is 189. The van der Waals surface area contributed by atoms with E-state index in [0.717, 1.165) is 24.4 Å². The molecule has 0 radical (unpaired) electrons. The number of piperidine rings is 1. The van der Waals surface area contributed by atoms with Crippen molar-refractivity contribution >= 4 is 0 Å². The number of nitrogens with two attached hydrogens (primary N) is 1. The van der Waals surface area contributed by atoms with Crippen molar-refractivity contribution in [2.45, 2.75) is 31.7 Å². The molecule has 3 nitrogen and oxygen atoms in total. The topological polar surface area (TPSA) is 41.3 Å². The van der Waals surface area contributed by atoms with E-state index in [-0.39, 0.29) is 0 Å². The lowest BCUT2D eigenvalue weighted by molar-refractivity contribution is 0.206. The van der Waals surface area contributed by atoms with Crippen molar-refractivity contribution in [1.29, 1.82) is 0 Å². The molecule has 2 atom stereocenters. The van der Waals surface area contributed by atoms with Gasteiger partial charge in [0.1, 0.15) is 0 Å². The normalized spacial score (nSPS) is 34.8. The van der Waals surface area contributed by atoms with Gasteiger partial charge >= 0.3 is 0 Å². The Morgan fingerprint density at radius 2 is 2.00 bits per heavy atom. The summed E-state index contributed by atoms with van der Waals surface area (Å²) in [5.74, 6) is 1.69. The number of rotatable bonds is 3. The second-order valence-electron chi connectivity index (χ2n) is 5.26. The largest absolute Gasteiger partial charge is 0.330 e. The van der Waals surface area contributed by atoms with Crippen LogP contribution in [0.2, 0.25) is 0 Å². The third-order valence-corrected chi connectivity index (χ3v) is 4.30. The average Bonchev–Trinajstić information content (AvgIpc) is 2.62. The lowest BCUT2D eigenvalue weighted by atomic mass is 9.86. The lowest BCUT2D eigenvalue weighted by Crippen LogP contribution is -2.37. The molecule has 0 aromatic heterocycles. The van der Waals surface area contributed by atoms with Crippen molar-refractivity contribution in [3.8, 4) is 0 Å². The zero-order valence-corrected chi connectivity index (χ0v) is 9.91. The van der Waals surface area contributed by atoms with E-state index in [2.05, 4.69) is 17.3 Å². The number of nitrogens with one attached hydrogen (secondary N) is 1. The van der Waals surface area contributed by atoms with Crippen LogP contribution >= 0.6 is 0 Å². The molecule has 2 rings (SSSR count). The van der Waals surface area contributed by atoms with Crippen molar-refractivity contribution in [2.24, 2.45) is 17.6 Å². The standard InChI is InChI=1S/C12H25N3/c1-15-7-4-11(9-13)12(15)8-10-2-5-14-6-3-10/h10-12,14H,2-9,13H2,1H3. The molecular formula is C12H25N3. The first-order valence-corrected chi connectivity index (χ1v) is 6.42. The number of nitrogens with zero attached hydrogens (tertiary/aromatic N) is 1. The molecule has 0 spiro atoms. The summed E-state index contributed by atoms with van der Waals surface area (Å²) >= 11 is 0. The van der Waals surface area contributed by atoms with Crippen molar-refractivity contribution in [3.05, 3.63) is 0 Å². The average molecular weight is 211 g/mol. The monoisotopic (exact) mass is 211 g/mol. The van der Waals surface area contributed by atoms with Gasteiger partial charge in [0.25, 0.3) is 0 Å². The first kappa shape index (κ1) is 11.4. The van der Waals surface area contributed by atoms with E-state index in [9.17, 15) is 0 Å². The molecule has 0 bridgehead atoms.